The highest BCUT2D eigenvalue weighted by Gasteiger charge is 2.24. The molecule has 4 heterocycles. The summed E-state index contributed by atoms with van der Waals surface area (Å²) in [7, 11) is 0. The number of thiophene rings is 2. The topological polar surface area (TPSA) is 9.86 Å². The average Bonchev–Trinajstić information content (AvgIpc) is 1.57. The Balaban J connectivity index is 0.000000141. The van der Waals surface area contributed by atoms with Gasteiger partial charge in [-0.25, -0.2) is 0 Å². The molecule has 21 aromatic rings. The Hall–Kier alpha value is -13.2. The first-order chi connectivity index (χ1) is 52.5. The van der Waals surface area contributed by atoms with Crippen LogP contribution in [0.4, 0.5) is 0 Å². The normalized spacial score (nSPS) is 11.6. The summed E-state index contributed by atoms with van der Waals surface area (Å²) in [5, 5.41) is 10.3. The summed E-state index contributed by atoms with van der Waals surface area (Å²) in [6, 6.07) is 146. The molecule has 0 radical (unpaired) electrons. The molecule has 0 saturated carbocycles. The van der Waals surface area contributed by atoms with E-state index in [-0.39, 0.29) is 0 Å². The Bertz CT molecular complexity index is 6830. The number of benzene rings is 17. The van der Waals surface area contributed by atoms with E-state index in [4.69, 9.17) is 0 Å². The molecule has 106 heavy (non-hydrogen) atoms. The van der Waals surface area contributed by atoms with Crippen LogP contribution >= 0.6 is 22.7 Å². The van der Waals surface area contributed by atoms with E-state index >= 15 is 0 Å². The summed E-state index contributed by atoms with van der Waals surface area (Å²) in [6.07, 6.45) is 0. The Labute approximate surface area is 623 Å². The molecule has 17 aromatic carbocycles. The molecular weight excluding hydrogens is 1320 g/mol. The van der Waals surface area contributed by atoms with Crippen molar-refractivity contribution in [3.8, 4) is 112 Å². The number of para-hydroxylation sites is 3. The van der Waals surface area contributed by atoms with E-state index in [2.05, 4.69) is 410 Å². The molecule has 21 rings (SSSR count). The molecule has 0 N–H and O–H groups in total. The average molecular weight is 1380 g/mol. The largest absolute Gasteiger partial charge is 0.309 e. The number of nitrogens with zero attached hydrogens (tertiary/aromatic N) is 2. The molecule has 0 bridgehead atoms. The maximum absolute atomic E-state index is 2.43. The Morgan fingerprint density at radius 2 is 0.481 bits per heavy atom. The second-order valence-corrected chi connectivity index (χ2v) is 29.6. The maximum atomic E-state index is 2.43. The minimum Gasteiger partial charge on any atom is -0.309 e. The smallest absolute Gasteiger partial charge is 0.0541 e. The van der Waals surface area contributed by atoms with E-state index in [0.717, 1.165) is 5.69 Å². The second kappa shape index (κ2) is 26.6. The minimum atomic E-state index is 1.16. The first-order valence-corrected chi connectivity index (χ1v) is 37.9. The van der Waals surface area contributed by atoms with Crippen molar-refractivity contribution in [2.45, 2.75) is 0 Å². The van der Waals surface area contributed by atoms with Gasteiger partial charge in [0, 0.05) is 73.3 Å². The van der Waals surface area contributed by atoms with E-state index in [1.54, 1.807) is 0 Å². The van der Waals surface area contributed by atoms with Crippen LogP contribution in [0.1, 0.15) is 0 Å². The van der Waals surface area contributed by atoms with Crippen molar-refractivity contribution >= 4 is 107 Å². The lowest BCUT2D eigenvalue weighted by Crippen LogP contribution is -1.94. The number of hydrogen-bond donors (Lipinski definition) is 0. The van der Waals surface area contributed by atoms with Gasteiger partial charge in [-0.15, -0.1) is 22.7 Å². The molecule has 0 fully saturated rings. The molecule has 0 amide bonds. The highest BCUT2D eigenvalue weighted by atomic mass is 32.1. The molecule has 4 aromatic heterocycles. The fourth-order valence-electron chi connectivity index (χ4n) is 16.2. The second-order valence-electron chi connectivity index (χ2n) is 27.4. The maximum Gasteiger partial charge on any atom is 0.0541 e. The van der Waals surface area contributed by atoms with Crippen molar-refractivity contribution in [2.24, 2.45) is 0 Å². The van der Waals surface area contributed by atoms with Crippen molar-refractivity contribution in [3.05, 3.63) is 400 Å². The summed E-state index contributed by atoms with van der Waals surface area (Å²) in [6.45, 7) is 0. The zero-order valence-corrected chi connectivity index (χ0v) is 59.4. The third kappa shape index (κ3) is 11.2. The van der Waals surface area contributed by atoms with Gasteiger partial charge in [0.2, 0.25) is 0 Å². The van der Waals surface area contributed by atoms with Crippen molar-refractivity contribution < 1.29 is 0 Å². The van der Waals surface area contributed by atoms with Gasteiger partial charge in [-0.05, 0) is 221 Å². The number of aromatic nitrogens is 2. The van der Waals surface area contributed by atoms with Crippen LogP contribution in [0.3, 0.4) is 0 Å². The van der Waals surface area contributed by atoms with Gasteiger partial charge in [0.1, 0.15) is 0 Å². The van der Waals surface area contributed by atoms with Crippen LogP contribution in [0.25, 0.3) is 195 Å². The van der Waals surface area contributed by atoms with Crippen molar-refractivity contribution in [3.63, 3.8) is 0 Å². The fraction of sp³-hybridized carbons (Fsp3) is 0. The molecule has 0 aliphatic carbocycles. The molecule has 2 nitrogen and oxygen atoms in total. The van der Waals surface area contributed by atoms with E-state index in [1.807, 2.05) is 22.7 Å². The fourth-order valence-corrected chi connectivity index (χ4v) is 18.4. The molecule has 0 atom stereocenters. The lowest BCUT2D eigenvalue weighted by atomic mass is 9.85. The summed E-state index contributed by atoms with van der Waals surface area (Å²) in [4.78, 5) is 0. The summed E-state index contributed by atoms with van der Waals surface area (Å²) in [5.41, 5.74) is 29.4. The van der Waals surface area contributed by atoms with Gasteiger partial charge in [0.25, 0.3) is 0 Å². The highest BCUT2D eigenvalue weighted by molar-refractivity contribution is 7.26. The van der Waals surface area contributed by atoms with Gasteiger partial charge >= 0.3 is 0 Å². The van der Waals surface area contributed by atoms with Crippen LogP contribution in [0.5, 0.6) is 0 Å². The van der Waals surface area contributed by atoms with Crippen LogP contribution in [0.15, 0.2) is 400 Å². The van der Waals surface area contributed by atoms with Gasteiger partial charge in [-0.1, -0.05) is 279 Å². The lowest BCUT2D eigenvalue weighted by molar-refractivity contribution is 1.18. The van der Waals surface area contributed by atoms with Crippen LogP contribution in [0.2, 0.25) is 0 Å². The van der Waals surface area contributed by atoms with Crippen LogP contribution in [0, 0.1) is 0 Å². The van der Waals surface area contributed by atoms with Crippen LogP contribution < -0.4 is 0 Å². The Kier molecular flexibility index (Phi) is 15.7. The minimum absolute atomic E-state index is 1.16. The number of fused-ring (bicyclic) bond motifs is 12. The first kappa shape index (κ1) is 62.5. The molecule has 0 aliphatic heterocycles. The predicted octanol–water partition coefficient (Wildman–Crippen LogP) is 29.3. The first-order valence-electron chi connectivity index (χ1n) is 36.3. The van der Waals surface area contributed by atoms with Gasteiger partial charge in [0.15, 0.2) is 0 Å². The van der Waals surface area contributed by atoms with Crippen LogP contribution in [-0.4, -0.2) is 9.13 Å². The Morgan fingerprint density at radius 3 is 0.981 bits per heavy atom. The Morgan fingerprint density at radius 1 is 0.160 bits per heavy atom. The van der Waals surface area contributed by atoms with Gasteiger partial charge in [-0.3, -0.25) is 0 Å². The third-order valence-corrected chi connectivity index (χ3v) is 23.4. The lowest BCUT2D eigenvalue weighted by Gasteiger charge is -2.18. The quantitative estimate of drug-likeness (QED) is 0.122. The standard InChI is InChI=1S/C54H35NS.C48H31NS/c1-4-13-36(14-5-1)39-19-12-20-46(32-39)55-51-22-11-10-21-47(51)48-33-40(23-26-52(48)55)41-24-27-53-49(34-41)50-35-42(25-28-54(50)56-53)45-30-43(37-15-6-2-7-16-37)29-44(31-45)38-17-8-3-9-18-38;1-5-15-32(16-6-1)39-31-45-48(47(34-19-9-3-10-20-34)46(39)33-17-7-2-8-18-33)41-30-36(26-28-44(41)50-45)35-25-27-43-40(29-35)38-23-13-14-24-42(38)49(43)37-21-11-4-12-22-37/h1-35H;1-31H. The molecule has 0 unspecified atom stereocenters. The molecule has 0 aliphatic rings. The summed E-state index contributed by atoms with van der Waals surface area (Å²) in [5.74, 6) is 0. The molecule has 0 saturated heterocycles. The van der Waals surface area contributed by atoms with Crippen molar-refractivity contribution in [1.82, 2.24) is 9.13 Å². The van der Waals surface area contributed by atoms with E-state index in [1.165, 1.54) is 190 Å². The van der Waals surface area contributed by atoms with Crippen molar-refractivity contribution in [1.29, 1.82) is 0 Å². The summed E-state index contributed by atoms with van der Waals surface area (Å²) >= 11 is 3.76. The monoisotopic (exact) mass is 1380 g/mol. The molecular formula is C102H66N2S2. The van der Waals surface area contributed by atoms with Crippen LogP contribution in [-0.2, 0) is 0 Å². The zero-order chi connectivity index (χ0) is 70.0. The molecule has 0 spiro atoms. The molecule has 4 heteroatoms. The predicted molar refractivity (Wildman–Crippen MR) is 456 cm³/mol. The number of rotatable bonds is 11. The third-order valence-electron chi connectivity index (χ3n) is 21.2. The SMILES string of the molecule is c1ccc(-c2cc(-c3ccccc3)cc(-c3ccc4sc5ccc(-c6ccc7c(c6)c6ccccc6n7-c6cccc(-c7ccccc7)c6)cc5c4c3)c2)cc1.c1ccc(-c2cc3sc4ccc(-c5ccc6c(c5)c5ccccc5n6-c5ccccc5)cc4c3c(-c3ccccc3)c2-c2ccccc2)cc1. The van der Waals surface area contributed by atoms with Crippen molar-refractivity contribution in [2.75, 3.05) is 0 Å². The molecule has 496 valence electrons. The zero-order valence-electron chi connectivity index (χ0n) is 57.8. The van der Waals surface area contributed by atoms with E-state index in [9.17, 15) is 0 Å². The summed E-state index contributed by atoms with van der Waals surface area (Å²) < 4.78 is 10.0. The number of hydrogen-bond acceptors (Lipinski definition) is 2. The van der Waals surface area contributed by atoms with Gasteiger partial charge in [-0.2, -0.15) is 0 Å². The van der Waals surface area contributed by atoms with Gasteiger partial charge < -0.3 is 9.13 Å². The van der Waals surface area contributed by atoms with E-state index in [0.29, 0.717) is 0 Å². The highest BCUT2D eigenvalue weighted by Crippen LogP contribution is 2.51. The van der Waals surface area contributed by atoms with E-state index < -0.39 is 0 Å². The van der Waals surface area contributed by atoms with Gasteiger partial charge in [0.05, 0.1) is 22.1 Å².